The number of hydrogen-bond acceptors (Lipinski definition) is 6. The van der Waals surface area contributed by atoms with Crippen LogP contribution in [-0.4, -0.2) is 44.1 Å². The molecule has 0 aliphatic carbocycles. The summed E-state index contributed by atoms with van der Waals surface area (Å²) < 4.78 is 6.72. The molecule has 7 N–H and O–H groups in total. The van der Waals surface area contributed by atoms with E-state index in [0.717, 1.165) is 0 Å². The highest BCUT2D eigenvalue weighted by Crippen LogP contribution is 2.29. The Morgan fingerprint density at radius 3 is 2.77 bits per heavy atom. The Morgan fingerprint density at radius 2 is 2.14 bits per heavy atom. The Hall–Kier alpha value is -2.20. The topological polar surface area (TPSA) is 162 Å². The third kappa shape index (κ3) is 2.50. The molecule has 3 rings (SSSR count). The highest BCUT2D eigenvalue weighted by Gasteiger charge is 2.35. The molecule has 2 heterocycles. The van der Waals surface area contributed by atoms with Crippen molar-refractivity contribution in [3.05, 3.63) is 39.0 Å². The number of nitrogens with one attached hydrogen (secondary N) is 1. The van der Waals surface area contributed by atoms with Crippen LogP contribution in [0.1, 0.15) is 12.6 Å². The number of benzene rings is 1. The van der Waals surface area contributed by atoms with Crippen LogP contribution in [0.3, 0.4) is 0 Å². The van der Waals surface area contributed by atoms with Crippen molar-refractivity contribution in [2.45, 2.75) is 24.9 Å². The van der Waals surface area contributed by atoms with E-state index in [1.165, 1.54) is 16.7 Å². The number of nitrogens with zero attached hydrogens (tertiary/aromatic N) is 1. The quantitative estimate of drug-likeness (QED) is 0.473. The lowest BCUT2D eigenvalue weighted by Gasteiger charge is -2.17. The minimum atomic E-state index is -0.880. The maximum absolute atomic E-state index is 12.1. The number of nitrogens with two attached hydrogens (primary N) is 1. The molecule has 22 heavy (non-hydrogen) atoms. The summed E-state index contributed by atoms with van der Waals surface area (Å²) in [5.74, 6) is 0. The van der Waals surface area contributed by atoms with Gasteiger partial charge in [0, 0.05) is 12.1 Å². The number of rotatable bonds is 2. The number of fused-ring (bicyclic) bond motifs is 1. The van der Waals surface area contributed by atoms with Crippen LogP contribution in [0.4, 0.5) is 5.69 Å². The summed E-state index contributed by atoms with van der Waals surface area (Å²) in [4.78, 5) is 26.1. The van der Waals surface area contributed by atoms with Gasteiger partial charge in [0.25, 0.3) is 5.56 Å². The molecule has 3 atom stereocenters. The van der Waals surface area contributed by atoms with Crippen molar-refractivity contribution in [3.63, 3.8) is 0 Å². The zero-order valence-electron chi connectivity index (χ0n) is 11.5. The first kappa shape index (κ1) is 16.2. The van der Waals surface area contributed by atoms with Gasteiger partial charge in [0.1, 0.15) is 12.3 Å². The van der Waals surface area contributed by atoms with Crippen molar-refractivity contribution < 1.29 is 20.4 Å². The van der Waals surface area contributed by atoms with Crippen molar-refractivity contribution in [1.82, 2.24) is 9.55 Å². The Balaban J connectivity index is 0.00000176. The van der Waals surface area contributed by atoms with E-state index in [4.69, 9.17) is 15.6 Å². The predicted octanol–water partition coefficient (Wildman–Crippen LogP) is -1.91. The van der Waals surface area contributed by atoms with Gasteiger partial charge in [-0.2, -0.15) is 0 Å². The van der Waals surface area contributed by atoms with Gasteiger partial charge in [-0.3, -0.25) is 14.3 Å². The number of ether oxygens (including phenoxy) is 1. The summed E-state index contributed by atoms with van der Waals surface area (Å²) in [7, 11) is 0. The average molecular weight is 311 g/mol. The van der Waals surface area contributed by atoms with Gasteiger partial charge in [0.2, 0.25) is 0 Å². The molecular formula is C13H17N3O6. The van der Waals surface area contributed by atoms with Gasteiger partial charge in [-0.05, 0) is 18.2 Å². The Bertz CT molecular complexity index is 798. The minimum Gasteiger partial charge on any atom is -0.412 e. The van der Waals surface area contributed by atoms with Gasteiger partial charge in [-0.15, -0.1) is 0 Å². The monoisotopic (exact) mass is 311 g/mol. The minimum absolute atomic E-state index is 0. The van der Waals surface area contributed by atoms with Gasteiger partial charge in [-0.25, -0.2) is 4.79 Å². The number of anilines is 1. The molecule has 0 bridgehead atoms. The molecular weight excluding hydrogens is 294 g/mol. The molecule has 120 valence electrons. The van der Waals surface area contributed by atoms with Gasteiger partial charge in [0.15, 0.2) is 0 Å². The van der Waals surface area contributed by atoms with E-state index in [2.05, 4.69) is 4.98 Å². The summed E-state index contributed by atoms with van der Waals surface area (Å²) in [5, 5.41) is 19.2. The molecule has 1 saturated heterocycles. The predicted molar refractivity (Wildman–Crippen MR) is 78.5 cm³/mol. The van der Waals surface area contributed by atoms with E-state index < -0.39 is 29.7 Å². The van der Waals surface area contributed by atoms with Gasteiger partial charge < -0.3 is 26.2 Å². The van der Waals surface area contributed by atoms with Gasteiger partial charge in [0.05, 0.1) is 23.6 Å². The third-order valence-corrected chi connectivity index (χ3v) is 3.64. The SMILES string of the molecule is Nc1ccc2c(=O)[nH]c(=O)n([C@H]3C[C@H](O)[C@@H](CO)O3)c2c1.O. The number of aromatic nitrogens is 2. The molecule has 0 unspecified atom stereocenters. The Labute approximate surface area is 123 Å². The summed E-state index contributed by atoms with van der Waals surface area (Å²) in [6.07, 6.45) is -2.27. The van der Waals surface area contributed by atoms with Crippen LogP contribution in [0.2, 0.25) is 0 Å². The van der Waals surface area contributed by atoms with Crippen LogP contribution in [-0.2, 0) is 4.74 Å². The number of H-pyrrole nitrogens is 1. The Kier molecular flexibility index (Phi) is 4.33. The number of aromatic amines is 1. The van der Waals surface area contributed by atoms with Crippen LogP contribution < -0.4 is 17.0 Å². The second-order valence-electron chi connectivity index (χ2n) is 5.02. The van der Waals surface area contributed by atoms with Gasteiger partial charge in [-0.1, -0.05) is 0 Å². The lowest BCUT2D eigenvalue weighted by molar-refractivity contribution is -0.0443. The number of hydrogen-bond donors (Lipinski definition) is 4. The average Bonchev–Trinajstić information content (AvgIpc) is 2.79. The highest BCUT2D eigenvalue weighted by atomic mass is 16.5. The molecule has 0 saturated carbocycles. The molecule has 0 spiro atoms. The van der Waals surface area contributed by atoms with Crippen molar-refractivity contribution in [1.29, 1.82) is 0 Å². The van der Waals surface area contributed by atoms with Gasteiger partial charge >= 0.3 is 5.69 Å². The molecule has 1 aromatic carbocycles. The first-order valence-corrected chi connectivity index (χ1v) is 6.49. The van der Waals surface area contributed by atoms with Crippen LogP contribution in [0, 0.1) is 0 Å². The van der Waals surface area contributed by atoms with E-state index in [1.54, 1.807) is 6.07 Å². The summed E-state index contributed by atoms with van der Waals surface area (Å²) in [6, 6.07) is 4.59. The molecule has 1 aromatic heterocycles. The maximum atomic E-state index is 12.1. The molecule has 1 aliphatic rings. The molecule has 9 heteroatoms. The fourth-order valence-electron chi connectivity index (χ4n) is 2.60. The number of aliphatic hydroxyl groups is 2. The van der Waals surface area contributed by atoms with E-state index in [1.807, 2.05) is 0 Å². The molecule has 1 fully saturated rings. The molecule has 2 aromatic rings. The fraction of sp³-hybridized carbons (Fsp3) is 0.385. The third-order valence-electron chi connectivity index (χ3n) is 3.64. The molecule has 0 amide bonds. The zero-order valence-corrected chi connectivity index (χ0v) is 11.5. The van der Waals surface area contributed by atoms with Crippen LogP contribution >= 0.6 is 0 Å². The smallest absolute Gasteiger partial charge is 0.330 e. The normalized spacial score (nSPS) is 24.4. The number of aliphatic hydroxyl groups excluding tert-OH is 2. The summed E-state index contributed by atoms with van der Waals surface area (Å²) in [5.41, 5.74) is 5.29. The van der Waals surface area contributed by atoms with Crippen LogP contribution in [0.25, 0.3) is 10.9 Å². The van der Waals surface area contributed by atoms with Crippen molar-refractivity contribution in [2.24, 2.45) is 0 Å². The fourth-order valence-corrected chi connectivity index (χ4v) is 2.60. The van der Waals surface area contributed by atoms with Crippen LogP contribution in [0.15, 0.2) is 27.8 Å². The van der Waals surface area contributed by atoms with Crippen LogP contribution in [0.5, 0.6) is 0 Å². The summed E-state index contributed by atoms with van der Waals surface area (Å²) >= 11 is 0. The standard InChI is InChI=1S/C13H15N3O5.H2O/c14-6-1-2-7-8(3-6)16(13(20)15-12(7)19)11-4-9(18)10(5-17)21-11;/h1-3,9-11,17-18H,4-5,14H2,(H,15,19,20);1H2/t9-,10+,11+;/m0./s1. The maximum Gasteiger partial charge on any atom is 0.330 e. The van der Waals surface area contributed by atoms with E-state index in [-0.39, 0.29) is 18.5 Å². The molecule has 0 radical (unpaired) electrons. The molecule has 1 aliphatic heterocycles. The lowest BCUT2D eigenvalue weighted by Crippen LogP contribution is -2.33. The Morgan fingerprint density at radius 1 is 1.41 bits per heavy atom. The first-order chi connectivity index (χ1) is 10.0. The zero-order chi connectivity index (χ0) is 15.1. The largest absolute Gasteiger partial charge is 0.412 e. The lowest BCUT2D eigenvalue weighted by atomic mass is 10.2. The van der Waals surface area contributed by atoms with E-state index in [0.29, 0.717) is 16.6 Å². The van der Waals surface area contributed by atoms with Crippen molar-refractivity contribution >= 4 is 16.6 Å². The second-order valence-corrected chi connectivity index (χ2v) is 5.02. The molecule has 9 nitrogen and oxygen atoms in total. The highest BCUT2D eigenvalue weighted by molar-refractivity contribution is 5.81. The summed E-state index contributed by atoms with van der Waals surface area (Å²) in [6.45, 7) is -0.351. The van der Waals surface area contributed by atoms with E-state index >= 15 is 0 Å². The first-order valence-electron chi connectivity index (χ1n) is 6.49. The van der Waals surface area contributed by atoms with Crippen molar-refractivity contribution in [2.75, 3.05) is 12.3 Å². The van der Waals surface area contributed by atoms with Crippen molar-refractivity contribution in [3.8, 4) is 0 Å². The second kappa shape index (κ2) is 5.89. The number of nitrogen functional groups attached to an aromatic ring is 1. The van der Waals surface area contributed by atoms with E-state index in [9.17, 15) is 14.7 Å².